The van der Waals surface area contributed by atoms with Crippen LogP contribution >= 0.6 is 0 Å². The monoisotopic (exact) mass is 259 g/mol. The quantitative estimate of drug-likeness (QED) is 0.838. The summed E-state index contributed by atoms with van der Waals surface area (Å²) in [6.07, 6.45) is -0.0685. The standard InChI is InChI=1S/C15H21N3O/c1-4-16-10-14-11(2)17-18-15(14)12(3)19-13-8-6-5-7-9-13/h5-9,12,16H,4,10H2,1-3H3,(H,17,18). The van der Waals surface area contributed by atoms with Crippen molar-refractivity contribution in [2.45, 2.75) is 33.4 Å². The number of para-hydroxylation sites is 1. The maximum Gasteiger partial charge on any atom is 0.140 e. The fourth-order valence-electron chi connectivity index (χ4n) is 2.04. The summed E-state index contributed by atoms with van der Waals surface area (Å²) in [7, 11) is 0. The number of hydrogen-bond donors (Lipinski definition) is 2. The summed E-state index contributed by atoms with van der Waals surface area (Å²) in [6, 6.07) is 9.83. The van der Waals surface area contributed by atoms with Crippen LogP contribution in [0.5, 0.6) is 5.75 Å². The molecule has 1 atom stereocenters. The number of hydrogen-bond acceptors (Lipinski definition) is 3. The smallest absolute Gasteiger partial charge is 0.140 e. The third-order valence-electron chi connectivity index (χ3n) is 3.10. The van der Waals surface area contributed by atoms with E-state index < -0.39 is 0 Å². The molecule has 1 aromatic heterocycles. The highest BCUT2D eigenvalue weighted by molar-refractivity contribution is 5.28. The normalized spacial score (nSPS) is 12.4. The van der Waals surface area contributed by atoms with Crippen LogP contribution in [0.25, 0.3) is 0 Å². The Labute approximate surface area is 114 Å². The van der Waals surface area contributed by atoms with Gasteiger partial charge in [-0.05, 0) is 32.5 Å². The molecule has 1 heterocycles. The molecule has 19 heavy (non-hydrogen) atoms. The van der Waals surface area contributed by atoms with Gasteiger partial charge in [-0.15, -0.1) is 0 Å². The van der Waals surface area contributed by atoms with Crippen molar-refractivity contribution in [2.24, 2.45) is 0 Å². The molecule has 2 N–H and O–H groups in total. The summed E-state index contributed by atoms with van der Waals surface area (Å²) >= 11 is 0. The molecule has 0 aliphatic carbocycles. The van der Waals surface area contributed by atoms with Gasteiger partial charge in [0.25, 0.3) is 0 Å². The van der Waals surface area contributed by atoms with Crippen LogP contribution in [-0.4, -0.2) is 16.7 Å². The second kappa shape index (κ2) is 6.38. The number of nitrogens with one attached hydrogen (secondary N) is 2. The highest BCUT2D eigenvalue weighted by Crippen LogP contribution is 2.23. The van der Waals surface area contributed by atoms with E-state index in [2.05, 4.69) is 22.4 Å². The van der Waals surface area contributed by atoms with Crippen LogP contribution in [0.3, 0.4) is 0 Å². The van der Waals surface area contributed by atoms with E-state index in [1.807, 2.05) is 44.2 Å². The predicted octanol–water partition coefficient (Wildman–Crippen LogP) is 2.97. The molecule has 0 saturated carbocycles. The van der Waals surface area contributed by atoms with E-state index >= 15 is 0 Å². The van der Waals surface area contributed by atoms with Crippen molar-refractivity contribution in [2.75, 3.05) is 6.54 Å². The van der Waals surface area contributed by atoms with Gasteiger partial charge < -0.3 is 10.1 Å². The Morgan fingerprint density at radius 3 is 2.74 bits per heavy atom. The minimum atomic E-state index is -0.0685. The maximum atomic E-state index is 5.92. The van der Waals surface area contributed by atoms with Gasteiger partial charge in [-0.1, -0.05) is 25.1 Å². The lowest BCUT2D eigenvalue weighted by Crippen LogP contribution is -2.15. The number of nitrogens with zero attached hydrogens (tertiary/aromatic N) is 1. The van der Waals surface area contributed by atoms with Gasteiger partial charge in [0.2, 0.25) is 0 Å². The summed E-state index contributed by atoms with van der Waals surface area (Å²) in [6.45, 7) is 7.92. The number of ether oxygens (including phenoxy) is 1. The Balaban J connectivity index is 2.12. The van der Waals surface area contributed by atoms with Crippen molar-refractivity contribution >= 4 is 0 Å². The van der Waals surface area contributed by atoms with Crippen LogP contribution in [0.15, 0.2) is 30.3 Å². The average Bonchev–Trinajstić information content (AvgIpc) is 2.79. The fourth-order valence-corrected chi connectivity index (χ4v) is 2.04. The van der Waals surface area contributed by atoms with E-state index in [-0.39, 0.29) is 6.10 Å². The minimum Gasteiger partial charge on any atom is -0.484 e. The topological polar surface area (TPSA) is 49.9 Å². The molecule has 0 aliphatic rings. The van der Waals surface area contributed by atoms with Gasteiger partial charge in [-0.2, -0.15) is 5.10 Å². The number of aryl methyl sites for hydroxylation is 1. The molecule has 4 heteroatoms. The Morgan fingerprint density at radius 1 is 1.32 bits per heavy atom. The van der Waals surface area contributed by atoms with Crippen LogP contribution in [-0.2, 0) is 6.54 Å². The number of aromatic amines is 1. The minimum absolute atomic E-state index is 0.0685. The van der Waals surface area contributed by atoms with Crippen molar-refractivity contribution in [1.82, 2.24) is 15.5 Å². The zero-order valence-corrected chi connectivity index (χ0v) is 11.7. The first-order valence-corrected chi connectivity index (χ1v) is 6.68. The number of aromatic nitrogens is 2. The zero-order valence-electron chi connectivity index (χ0n) is 11.7. The zero-order chi connectivity index (χ0) is 13.7. The van der Waals surface area contributed by atoms with E-state index in [1.54, 1.807) is 0 Å². The van der Waals surface area contributed by atoms with Crippen molar-refractivity contribution in [3.05, 3.63) is 47.3 Å². The van der Waals surface area contributed by atoms with Gasteiger partial charge in [0.15, 0.2) is 0 Å². The van der Waals surface area contributed by atoms with Gasteiger partial charge in [0, 0.05) is 17.8 Å². The first-order chi connectivity index (χ1) is 9.22. The molecule has 0 fully saturated rings. The molecule has 2 rings (SSSR count). The second-order valence-electron chi connectivity index (χ2n) is 4.57. The van der Waals surface area contributed by atoms with Crippen molar-refractivity contribution in [3.63, 3.8) is 0 Å². The summed E-state index contributed by atoms with van der Waals surface area (Å²) < 4.78 is 5.92. The number of H-pyrrole nitrogens is 1. The molecule has 0 radical (unpaired) electrons. The molecule has 0 aliphatic heterocycles. The number of rotatable bonds is 6. The van der Waals surface area contributed by atoms with E-state index in [9.17, 15) is 0 Å². The molecule has 0 amide bonds. The molecule has 1 unspecified atom stereocenters. The van der Waals surface area contributed by atoms with Crippen molar-refractivity contribution in [3.8, 4) is 5.75 Å². The summed E-state index contributed by atoms with van der Waals surface area (Å²) in [5.74, 6) is 0.866. The molecule has 4 nitrogen and oxygen atoms in total. The van der Waals surface area contributed by atoms with E-state index in [1.165, 1.54) is 5.56 Å². The molecule has 2 aromatic rings. The molecule has 0 spiro atoms. The highest BCUT2D eigenvalue weighted by Gasteiger charge is 2.17. The predicted molar refractivity (Wildman–Crippen MR) is 76.2 cm³/mol. The summed E-state index contributed by atoms with van der Waals surface area (Å²) in [4.78, 5) is 0. The molecule has 102 valence electrons. The first-order valence-electron chi connectivity index (χ1n) is 6.68. The lowest BCUT2D eigenvalue weighted by atomic mass is 10.1. The third-order valence-corrected chi connectivity index (χ3v) is 3.10. The number of benzene rings is 1. The molecular weight excluding hydrogens is 238 g/mol. The lowest BCUT2D eigenvalue weighted by Gasteiger charge is -2.14. The lowest BCUT2D eigenvalue weighted by molar-refractivity contribution is 0.220. The maximum absolute atomic E-state index is 5.92. The molecular formula is C15H21N3O. The van der Waals surface area contributed by atoms with Crippen LogP contribution in [0.4, 0.5) is 0 Å². The first kappa shape index (κ1) is 13.6. The van der Waals surface area contributed by atoms with Crippen molar-refractivity contribution in [1.29, 1.82) is 0 Å². The Kier molecular flexibility index (Phi) is 4.58. The van der Waals surface area contributed by atoms with E-state index in [0.29, 0.717) is 0 Å². The molecule has 0 bridgehead atoms. The van der Waals surface area contributed by atoms with Gasteiger partial charge >= 0.3 is 0 Å². The second-order valence-corrected chi connectivity index (χ2v) is 4.57. The fraction of sp³-hybridized carbons (Fsp3) is 0.400. The van der Waals surface area contributed by atoms with Crippen LogP contribution < -0.4 is 10.1 Å². The highest BCUT2D eigenvalue weighted by atomic mass is 16.5. The molecule has 1 aromatic carbocycles. The van der Waals surface area contributed by atoms with Crippen molar-refractivity contribution < 1.29 is 4.74 Å². The van der Waals surface area contributed by atoms with Gasteiger partial charge in [-0.3, -0.25) is 5.10 Å². The van der Waals surface area contributed by atoms with Crippen LogP contribution in [0, 0.1) is 6.92 Å². The van der Waals surface area contributed by atoms with E-state index in [4.69, 9.17) is 4.74 Å². The van der Waals surface area contributed by atoms with Gasteiger partial charge in [-0.25, -0.2) is 0 Å². The summed E-state index contributed by atoms with van der Waals surface area (Å²) in [5, 5.41) is 10.8. The van der Waals surface area contributed by atoms with E-state index in [0.717, 1.165) is 30.2 Å². The summed E-state index contributed by atoms with van der Waals surface area (Å²) in [5.41, 5.74) is 3.27. The third kappa shape index (κ3) is 3.35. The van der Waals surface area contributed by atoms with Gasteiger partial charge in [0.1, 0.15) is 17.5 Å². The Hall–Kier alpha value is -1.81. The Bertz CT molecular complexity index is 507. The SMILES string of the molecule is CCNCc1c(C(C)Oc2ccccc2)n[nH]c1C. The Morgan fingerprint density at radius 2 is 2.05 bits per heavy atom. The van der Waals surface area contributed by atoms with Gasteiger partial charge in [0.05, 0.1) is 0 Å². The molecule has 0 saturated heterocycles. The average molecular weight is 259 g/mol. The van der Waals surface area contributed by atoms with Crippen LogP contribution in [0.2, 0.25) is 0 Å². The van der Waals surface area contributed by atoms with Crippen LogP contribution in [0.1, 0.15) is 36.9 Å². The largest absolute Gasteiger partial charge is 0.484 e.